The summed E-state index contributed by atoms with van der Waals surface area (Å²) in [5.74, 6) is 0.0712. The second-order valence-electron chi connectivity index (χ2n) is 8.35. The predicted molar refractivity (Wildman–Crippen MR) is 120 cm³/mol. The highest BCUT2D eigenvalue weighted by Gasteiger charge is 2.48. The van der Waals surface area contributed by atoms with Crippen LogP contribution in [-0.4, -0.2) is 63.5 Å². The SMILES string of the molecule is CCN(C(=O)NC(CCC(F)(F)F)C(F)(F)F)C(c1cccc(-c2cn3ccnc3c(OC)n2)c1)C(F)(F)F. The second kappa shape index (κ2) is 11.2. The van der Waals surface area contributed by atoms with E-state index >= 15 is 0 Å². The minimum absolute atomic E-state index is 0.0712. The Morgan fingerprint density at radius 1 is 1.10 bits per heavy atom. The first-order valence-corrected chi connectivity index (χ1v) is 11.3. The van der Waals surface area contributed by atoms with E-state index in [1.165, 1.54) is 41.4 Å². The maximum Gasteiger partial charge on any atom is 0.413 e. The molecule has 0 fully saturated rings. The van der Waals surface area contributed by atoms with Crippen molar-refractivity contribution in [1.82, 2.24) is 24.6 Å². The molecule has 2 heterocycles. The van der Waals surface area contributed by atoms with Crippen LogP contribution >= 0.6 is 0 Å². The van der Waals surface area contributed by atoms with Gasteiger partial charge in [-0.2, -0.15) is 39.5 Å². The number of hydrogen-bond acceptors (Lipinski definition) is 4. The molecule has 2 amide bonds. The Morgan fingerprint density at radius 3 is 2.36 bits per heavy atom. The van der Waals surface area contributed by atoms with Crippen molar-refractivity contribution in [3.8, 4) is 17.1 Å². The topological polar surface area (TPSA) is 71.8 Å². The molecule has 214 valence electrons. The Bertz CT molecular complexity index is 1290. The van der Waals surface area contributed by atoms with Gasteiger partial charge in [0.2, 0.25) is 0 Å². The van der Waals surface area contributed by atoms with Gasteiger partial charge in [0.05, 0.1) is 12.8 Å². The van der Waals surface area contributed by atoms with Crippen LogP contribution in [0.15, 0.2) is 42.9 Å². The van der Waals surface area contributed by atoms with E-state index in [2.05, 4.69) is 9.97 Å². The summed E-state index contributed by atoms with van der Waals surface area (Å²) in [6, 6.07) is -2.82. The average molecular weight is 571 g/mol. The molecule has 0 aliphatic heterocycles. The fraction of sp³-hybridized carbons (Fsp3) is 0.435. The number of alkyl halides is 9. The van der Waals surface area contributed by atoms with Crippen molar-refractivity contribution in [2.45, 2.75) is 50.4 Å². The predicted octanol–water partition coefficient (Wildman–Crippen LogP) is 6.31. The molecular formula is C23H22F9N5O2. The molecule has 1 aromatic carbocycles. The van der Waals surface area contributed by atoms with Gasteiger partial charge in [0.15, 0.2) is 11.7 Å². The number of urea groups is 1. The summed E-state index contributed by atoms with van der Waals surface area (Å²) >= 11 is 0. The molecule has 0 saturated carbocycles. The molecule has 2 aromatic heterocycles. The molecule has 2 unspecified atom stereocenters. The van der Waals surface area contributed by atoms with Crippen molar-refractivity contribution in [3.63, 3.8) is 0 Å². The summed E-state index contributed by atoms with van der Waals surface area (Å²) in [4.78, 5) is 21.0. The lowest BCUT2D eigenvalue weighted by molar-refractivity contribution is -0.181. The normalized spacial score (nSPS) is 14.2. The smallest absolute Gasteiger partial charge is 0.413 e. The van der Waals surface area contributed by atoms with Crippen LogP contribution in [0.3, 0.4) is 0 Å². The molecule has 0 radical (unpaired) electrons. The van der Waals surface area contributed by atoms with Gasteiger partial charge >= 0.3 is 24.6 Å². The van der Waals surface area contributed by atoms with Crippen molar-refractivity contribution in [3.05, 3.63) is 48.4 Å². The summed E-state index contributed by atoms with van der Waals surface area (Å²) in [5, 5.41) is 1.30. The number of hydrogen-bond donors (Lipinski definition) is 1. The third-order valence-corrected chi connectivity index (χ3v) is 5.67. The quantitative estimate of drug-likeness (QED) is 0.322. The van der Waals surface area contributed by atoms with Crippen LogP contribution in [0.25, 0.3) is 16.9 Å². The average Bonchev–Trinajstić information content (AvgIpc) is 3.31. The first kappa shape index (κ1) is 29.8. The van der Waals surface area contributed by atoms with E-state index in [1.807, 2.05) is 0 Å². The Hall–Kier alpha value is -3.72. The highest BCUT2D eigenvalue weighted by atomic mass is 19.4. The molecule has 0 bridgehead atoms. The van der Waals surface area contributed by atoms with E-state index in [9.17, 15) is 44.3 Å². The van der Waals surface area contributed by atoms with Gasteiger partial charge in [-0.15, -0.1) is 0 Å². The molecule has 2 atom stereocenters. The van der Waals surface area contributed by atoms with Crippen LogP contribution in [0.5, 0.6) is 5.88 Å². The van der Waals surface area contributed by atoms with Crippen LogP contribution < -0.4 is 10.1 Å². The number of fused-ring (bicyclic) bond motifs is 1. The maximum absolute atomic E-state index is 14.3. The highest BCUT2D eigenvalue weighted by Crippen LogP contribution is 2.39. The molecular weight excluding hydrogens is 549 g/mol. The zero-order valence-electron chi connectivity index (χ0n) is 20.3. The second-order valence-corrected chi connectivity index (χ2v) is 8.35. The number of benzene rings is 1. The zero-order chi connectivity index (χ0) is 29.2. The third-order valence-electron chi connectivity index (χ3n) is 5.67. The minimum atomic E-state index is -5.33. The lowest BCUT2D eigenvalue weighted by Gasteiger charge is -2.34. The van der Waals surface area contributed by atoms with Gasteiger partial charge in [-0.05, 0) is 25.0 Å². The number of halogens is 9. The molecule has 39 heavy (non-hydrogen) atoms. The molecule has 16 heteroatoms. The van der Waals surface area contributed by atoms with Gasteiger partial charge in [-0.3, -0.25) is 0 Å². The summed E-state index contributed by atoms with van der Waals surface area (Å²) in [5.41, 5.74) is 0.147. The molecule has 0 aliphatic rings. The van der Waals surface area contributed by atoms with Gasteiger partial charge in [0.1, 0.15) is 6.04 Å². The van der Waals surface area contributed by atoms with Crippen LogP contribution in [0.2, 0.25) is 0 Å². The van der Waals surface area contributed by atoms with Crippen molar-refractivity contribution in [1.29, 1.82) is 0 Å². The summed E-state index contributed by atoms with van der Waals surface area (Å²) in [7, 11) is 1.32. The summed E-state index contributed by atoms with van der Waals surface area (Å²) in [6.07, 6.45) is -14.5. The van der Waals surface area contributed by atoms with E-state index in [0.29, 0.717) is 5.65 Å². The number of aromatic nitrogens is 3. The van der Waals surface area contributed by atoms with Crippen molar-refractivity contribution in [2.24, 2.45) is 0 Å². The number of amides is 2. The molecule has 0 spiro atoms. The molecule has 3 rings (SSSR count). The van der Waals surface area contributed by atoms with Crippen LogP contribution in [-0.2, 0) is 0 Å². The van der Waals surface area contributed by atoms with Crippen LogP contribution in [0.1, 0.15) is 31.4 Å². The fourth-order valence-corrected chi connectivity index (χ4v) is 3.89. The summed E-state index contributed by atoms with van der Waals surface area (Å²) < 4.78 is 127. The Labute approximate surface area is 215 Å². The van der Waals surface area contributed by atoms with Crippen molar-refractivity contribution in [2.75, 3.05) is 13.7 Å². The van der Waals surface area contributed by atoms with Crippen LogP contribution in [0.4, 0.5) is 44.3 Å². The van der Waals surface area contributed by atoms with E-state index in [1.54, 1.807) is 6.20 Å². The lowest BCUT2D eigenvalue weighted by atomic mass is 10.0. The van der Waals surface area contributed by atoms with Gasteiger partial charge in [-0.25, -0.2) is 14.8 Å². The fourth-order valence-electron chi connectivity index (χ4n) is 3.89. The standard InChI is InChI=1S/C23H22F9N5O2/c1-3-37(20(38)35-16(22(27,28)29)7-8-21(24,25)26)17(23(30,31)32)14-6-4-5-13(11-14)15-12-36-10-9-33-18(36)19(34-15)39-2/h4-6,9-12,16-17H,3,7-8H2,1-2H3,(H,35,38). The number of carbonyl (C=O) groups excluding carboxylic acids is 1. The third kappa shape index (κ3) is 7.23. The molecule has 3 aromatic rings. The largest absolute Gasteiger partial charge is 0.478 e. The van der Waals surface area contributed by atoms with Crippen molar-refractivity contribution >= 4 is 11.7 Å². The monoisotopic (exact) mass is 571 g/mol. The number of carbonyl (C=O) groups is 1. The molecule has 0 saturated heterocycles. The minimum Gasteiger partial charge on any atom is -0.478 e. The highest BCUT2D eigenvalue weighted by molar-refractivity contribution is 5.75. The van der Waals surface area contributed by atoms with Gasteiger partial charge in [-0.1, -0.05) is 18.2 Å². The van der Waals surface area contributed by atoms with Crippen LogP contribution in [0, 0.1) is 0 Å². The lowest BCUT2D eigenvalue weighted by Crippen LogP contribution is -2.53. The molecule has 7 nitrogen and oxygen atoms in total. The Morgan fingerprint density at radius 2 is 1.79 bits per heavy atom. The number of nitrogens with zero attached hydrogens (tertiary/aromatic N) is 4. The Balaban J connectivity index is 1.98. The zero-order valence-corrected chi connectivity index (χ0v) is 20.3. The van der Waals surface area contributed by atoms with Gasteiger partial charge in [0.25, 0.3) is 5.88 Å². The first-order valence-electron chi connectivity index (χ1n) is 11.3. The van der Waals surface area contributed by atoms with Gasteiger partial charge in [0, 0.05) is 37.1 Å². The van der Waals surface area contributed by atoms with E-state index in [0.717, 1.165) is 19.1 Å². The number of methoxy groups -OCH3 is 1. The van der Waals surface area contributed by atoms with E-state index in [4.69, 9.17) is 4.74 Å². The first-order chi connectivity index (χ1) is 18.0. The van der Waals surface area contributed by atoms with E-state index in [-0.39, 0.29) is 22.0 Å². The van der Waals surface area contributed by atoms with E-state index < -0.39 is 61.6 Å². The number of rotatable bonds is 8. The number of imidazole rings is 1. The number of nitrogens with one attached hydrogen (secondary N) is 1. The van der Waals surface area contributed by atoms with Gasteiger partial charge < -0.3 is 19.4 Å². The molecule has 1 N–H and O–H groups in total. The molecule has 0 aliphatic carbocycles. The Kier molecular flexibility index (Phi) is 8.55. The number of ether oxygens (including phenoxy) is 1. The summed E-state index contributed by atoms with van der Waals surface area (Å²) in [6.45, 7) is 0.386. The van der Waals surface area contributed by atoms with Crippen molar-refractivity contribution < 1.29 is 49.0 Å². The maximum atomic E-state index is 14.3.